The number of hydrogen-bond acceptors (Lipinski definition) is 5. The molecular formula is C21H26N2O5S. The van der Waals surface area contributed by atoms with E-state index in [2.05, 4.69) is 6.92 Å². The minimum Gasteiger partial charge on any atom is -0.464 e. The van der Waals surface area contributed by atoms with Gasteiger partial charge in [0.05, 0.1) is 24.7 Å². The van der Waals surface area contributed by atoms with Gasteiger partial charge in [0.25, 0.3) is 5.91 Å². The van der Waals surface area contributed by atoms with Crippen molar-refractivity contribution in [2.75, 3.05) is 33.4 Å². The Labute approximate surface area is 171 Å². The maximum atomic E-state index is 12.9. The summed E-state index contributed by atoms with van der Waals surface area (Å²) in [7, 11) is -2.15. The van der Waals surface area contributed by atoms with E-state index in [1.165, 1.54) is 23.5 Å². The molecule has 1 aromatic carbocycles. The fourth-order valence-corrected chi connectivity index (χ4v) is 4.74. The van der Waals surface area contributed by atoms with Crippen molar-refractivity contribution in [3.63, 3.8) is 0 Å². The molecule has 2 heterocycles. The number of carbonyl (C=O) groups excluding carboxylic acids is 1. The molecule has 1 aliphatic carbocycles. The van der Waals surface area contributed by atoms with Crippen molar-refractivity contribution in [1.29, 1.82) is 0 Å². The van der Waals surface area contributed by atoms with Crippen LogP contribution in [0.3, 0.4) is 0 Å². The Morgan fingerprint density at radius 1 is 1.14 bits per heavy atom. The number of amides is 1. The Bertz CT molecular complexity index is 977. The molecule has 0 N–H and O–H groups in total. The molecule has 2 atom stereocenters. The summed E-state index contributed by atoms with van der Waals surface area (Å²) in [6, 6.07) is 9.89. The van der Waals surface area contributed by atoms with Crippen molar-refractivity contribution in [3.05, 3.63) is 53.5 Å². The van der Waals surface area contributed by atoms with E-state index in [9.17, 15) is 13.2 Å². The predicted molar refractivity (Wildman–Crippen MR) is 107 cm³/mol. The third-order valence-corrected chi connectivity index (χ3v) is 7.46. The second kappa shape index (κ2) is 7.93. The maximum Gasteiger partial charge on any atom is 0.254 e. The van der Waals surface area contributed by atoms with Crippen LogP contribution in [0.1, 0.15) is 41.1 Å². The van der Waals surface area contributed by atoms with Gasteiger partial charge in [-0.3, -0.25) is 4.79 Å². The van der Waals surface area contributed by atoms with Crippen LogP contribution < -0.4 is 0 Å². The van der Waals surface area contributed by atoms with Gasteiger partial charge < -0.3 is 14.1 Å². The number of morpholine rings is 1. The third-order valence-electron chi connectivity index (χ3n) is 5.64. The smallest absolute Gasteiger partial charge is 0.254 e. The second-order valence-electron chi connectivity index (χ2n) is 7.81. The van der Waals surface area contributed by atoms with Crippen molar-refractivity contribution in [3.8, 4) is 0 Å². The molecule has 1 aromatic heterocycles. The first kappa shape index (κ1) is 20.1. The van der Waals surface area contributed by atoms with Gasteiger partial charge in [-0.2, -0.15) is 4.31 Å². The SMILES string of the molecule is C[C@H]1C[C@@H]1c1ccc(CN(C)S(=O)(=O)c2ccc(C(=O)N3CCOCC3)cc2)o1. The largest absolute Gasteiger partial charge is 0.464 e. The van der Waals surface area contributed by atoms with Gasteiger partial charge in [0.15, 0.2) is 0 Å². The van der Waals surface area contributed by atoms with Crippen molar-refractivity contribution >= 4 is 15.9 Å². The number of carbonyl (C=O) groups is 1. The van der Waals surface area contributed by atoms with Crippen LogP contribution in [-0.4, -0.2) is 56.9 Å². The van der Waals surface area contributed by atoms with Gasteiger partial charge in [0.2, 0.25) is 10.0 Å². The lowest BCUT2D eigenvalue weighted by Gasteiger charge is -2.27. The molecule has 0 radical (unpaired) electrons. The molecule has 8 heteroatoms. The zero-order valence-corrected chi connectivity index (χ0v) is 17.5. The topological polar surface area (TPSA) is 80.1 Å². The molecule has 2 fully saturated rings. The number of rotatable bonds is 6. The lowest BCUT2D eigenvalue weighted by molar-refractivity contribution is 0.0303. The first-order chi connectivity index (χ1) is 13.9. The number of sulfonamides is 1. The van der Waals surface area contributed by atoms with Crippen LogP contribution in [0.2, 0.25) is 0 Å². The summed E-state index contributed by atoms with van der Waals surface area (Å²) in [6.07, 6.45) is 1.12. The molecule has 2 aliphatic rings. The van der Waals surface area contributed by atoms with E-state index in [4.69, 9.17) is 9.15 Å². The molecule has 4 rings (SSSR count). The number of ether oxygens (including phenoxy) is 1. The highest BCUT2D eigenvalue weighted by Gasteiger charge is 2.36. The first-order valence-electron chi connectivity index (χ1n) is 9.88. The average Bonchev–Trinajstić information content (AvgIpc) is 3.29. The lowest BCUT2D eigenvalue weighted by atomic mass is 10.2. The van der Waals surface area contributed by atoms with Crippen LogP contribution in [-0.2, 0) is 21.3 Å². The van der Waals surface area contributed by atoms with Crippen LogP contribution in [0.4, 0.5) is 0 Å². The maximum absolute atomic E-state index is 12.9. The summed E-state index contributed by atoms with van der Waals surface area (Å²) in [5.74, 6) is 2.55. The van der Waals surface area contributed by atoms with Gasteiger partial charge in [-0.05, 0) is 48.7 Å². The summed E-state index contributed by atoms with van der Waals surface area (Å²) in [4.78, 5) is 14.4. The predicted octanol–water partition coefficient (Wildman–Crippen LogP) is 2.70. The normalized spacial score (nSPS) is 22.1. The fraction of sp³-hybridized carbons (Fsp3) is 0.476. The van der Waals surface area contributed by atoms with Crippen LogP contribution in [0.5, 0.6) is 0 Å². The molecule has 0 spiro atoms. The van der Waals surface area contributed by atoms with Gasteiger partial charge in [0.1, 0.15) is 11.5 Å². The molecule has 156 valence electrons. The van der Waals surface area contributed by atoms with E-state index in [-0.39, 0.29) is 17.3 Å². The highest BCUT2D eigenvalue weighted by molar-refractivity contribution is 7.89. The summed E-state index contributed by atoms with van der Waals surface area (Å²) < 4.78 is 38.2. The molecule has 1 saturated carbocycles. The van der Waals surface area contributed by atoms with E-state index >= 15 is 0 Å². The minimum absolute atomic E-state index is 0.108. The Kier molecular flexibility index (Phi) is 5.50. The lowest BCUT2D eigenvalue weighted by Crippen LogP contribution is -2.40. The summed E-state index contributed by atoms with van der Waals surface area (Å²) >= 11 is 0. The molecule has 0 unspecified atom stereocenters. The van der Waals surface area contributed by atoms with Crippen molar-refractivity contribution in [1.82, 2.24) is 9.21 Å². The van der Waals surface area contributed by atoms with E-state index in [1.807, 2.05) is 12.1 Å². The van der Waals surface area contributed by atoms with Gasteiger partial charge in [-0.1, -0.05) is 6.92 Å². The molecule has 29 heavy (non-hydrogen) atoms. The highest BCUT2D eigenvalue weighted by Crippen LogP contribution is 2.47. The van der Waals surface area contributed by atoms with Crippen LogP contribution in [0.15, 0.2) is 45.7 Å². The van der Waals surface area contributed by atoms with Crippen molar-refractivity contribution in [2.24, 2.45) is 5.92 Å². The number of hydrogen-bond donors (Lipinski definition) is 0. The number of benzene rings is 1. The molecule has 1 saturated heterocycles. The fourth-order valence-electron chi connectivity index (χ4n) is 3.60. The summed E-state index contributed by atoms with van der Waals surface area (Å²) in [5, 5.41) is 0. The second-order valence-corrected chi connectivity index (χ2v) is 9.86. The minimum atomic E-state index is -3.68. The number of furan rings is 1. The summed E-state index contributed by atoms with van der Waals surface area (Å²) in [5.41, 5.74) is 0.475. The van der Waals surface area contributed by atoms with Gasteiger partial charge in [-0.25, -0.2) is 8.42 Å². The molecule has 1 amide bonds. The van der Waals surface area contributed by atoms with Gasteiger partial charge >= 0.3 is 0 Å². The van der Waals surface area contributed by atoms with Crippen LogP contribution in [0, 0.1) is 5.92 Å². The molecule has 2 aromatic rings. The molecule has 7 nitrogen and oxygen atoms in total. The van der Waals surface area contributed by atoms with E-state index in [0.717, 1.165) is 12.2 Å². The van der Waals surface area contributed by atoms with Gasteiger partial charge in [0, 0.05) is 31.6 Å². The van der Waals surface area contributed by atoms with Crippen LogP contribution >= 0.6 is 0 Å². The average molecular weight is 419 g/mol. The first-order valence-corrected chi connectivity index (χ1v) is 11.3. The highest BCUT2D eigenvalue weighted by atomic mass is 32.2. The monoisotopic (exact) mass is 418 g/mol. The standard InChI is InChI=1S/C21H26N2O5S/c1-15-13-19(15)20-8-5-17(28-20)14-22(2)29(25,26)18-6-3-16(4-7-18)21(24)23-9-11-27-12-10-23/h3-8,15,19H,9-14H2,1-2H3/t15-,19-/m0/s1. The zero-order chi connectivity index (χ0) is 20.6. The van der Waals surface area contributed by atoms with Crippen molar-refractivity contribution in [2.45, 2.75) is 30.7 Å². The van der Waals surface area contributed by atoms with Crippen LogP contribution in [0.25, 0.3) is 0 Å². The molecular weight excluding hydrogens is 392 g/mol. The Hall–Kier alpha value is -2.16. The summed E-state index contributed by atoms with van der Waals surface area (Å²) in [6.45, 7) is 4.49. The number of nitrogens with zero attached hydrogens (tertiary/aromatic N) is 2. The quantitative estimate of drug-likeness (QED) is 0.721. The Balaban J connectivity index is 1.43. The Morgan fingerprint density at radius 2 is 1.79 bits per heavy atom. The van der Waals surface area contributed by atoms with E-state index < -0.39 is 10.0 Å². The molecule has 1 aliphatic heterocycles. The zero-order valence-electron chi connectivity index (χ0n) is 16.7. The van der Waals surface area contributed by atoms with Crippen molar-refractivity contribution < 1.29 is 22.4 Å². The Morgan fingerprint density at radius 3 is 2.41 bits per heavy atom. The van der Waals surface area contributed by atoms with Gasteiger partial charge in [-0.15, -0.1) is 0 Å². The van der Waals surface area contributed by atoms with E-state index in [0.29, 0.717) is 49.5 Å². The molecule has 0 bridgehead atoms. The third kappa shape index (κ3) is 4.24. The van der Waals surface area contributed by atoms with E-state index in [1.54, 1.807) is 17.0 Å².